The Hall–Kier alpha value is -3.10. The topological polar surface area (TPSA) is 114 Å². The van der Waals surface area contributed by atoms with Gasteiger partial charge in [0.1, 0.15) is 18.2 Å². The van der Waals surface area contributed by atoms with Gasteiger partial charge in [0.05, 0.1) is 0 Å². The van der Waals surface area contributed by atoms with Crippen LogP contribution in [-0.4, -0.2) is 41.3 Å². The molecular formula is C16H20N8O. The Morgan fingerprint density at radius 2 is 2.04 bits per heavy atom. The second-order valence-corrected chi connectivity index (χ2v) is 6.19. The maximum atomic E-state index is 12.7. The van der Waals surface area contributed by atoms with Crippen LogP contribution >= 0.6 is 0 Å². The number of carbonyl (C=O) groups excluding carboxylic acids is 1. The summed E-state index contributed by atoms with van der Waals surface area (Å²) >= 11 is 0. The molecule has 3 aromatic rings. The summed E-state index contributed by atoms with van der Waals surface area (Å²) in [5, 5.41) is 20.7. The van der Waals surface area contributed by atoms with Crippen LogP contribution in [0.3, 0.4) is 0 Å². The normalized spacial score (nSPS) is 12.3. The molecular weight excluding hydrogens is 320 g/mol. The van der Waals surface area contributed by atoms with E-state index in [9.17, 15) is 4.79 Å². The van der Waals surface area contributed by atoms with Crippen molar-refractivity contribution < 1.29 is 4.79 Å². The fourth-order valence-electron chi connectivity index (χ4n) is 2.48. The molecule has 9 heteroatoms. The van der Waals surface area contributed by atoms with Crippen LogP contribution in [0.2, 0.25) is 0 Å². The van der Waals surface area contributed by atoms with E-state index in [0.717, 1.165) is 17.8 Å². The third-order valence-electron chi connectivity index (χ3n) is 3.63. The van der Waals surface area contributed by atoms with E-state index in [4.69, 9.17) is 0 Å². The molecule has 0 aliphatic heterocycles. The van der Waals surface area contributed by atoms with Crippen molar-refractivity contribution in [3.63, 3.8) is 0 Å². The average molecular weight is 340 g/mol. The molecule has 0 bridgehead atoms. The Kier molecular flexibility index (Phi) is 5.12. The molecule has 2 aromatic heterocycles. The minimum Gasteiger partial charge on any atom is -0.291 e. The zero-order valence-electron chi connectivity index (χ0n) is 14.1. The zero-order chi connectivity index (χ0) is 17.6. The molecule has 1 aromatic carbocycles. The predicted octanol–water partition coefficient (Wildman–Crippen LogP) is 1.41. The van der Waals surface area contributed by atoms with Gasteiger partial charge in [-0.15, -0.1) is 10.2 Å². The number of hydrogen-bond donors (Lipinski definition) is 2. The van der Waals surface area contributed by atoms with Crippen molar-refractivity contribution in [1.82, 2.24) is 35.4 Å². The molecule has 9 nitrogen and oxygen atoms in total. The van der Waals surface area contributed by atoms with Gasteiger partial charge in [-0.05, 0) is 21.9 Å². The van der Waals surface area contributed by atoms with Crippen molar-refractivity contribution in [2.45, 2.75) is 32.7 Å². The Bertz CT molecular complexity index is 797. The summed E-state index contributed by atoms with van der Waals surface area (Å²) in [5.74, 6) is 1.17. The Labute approximate surface area is 144 Å². The summed E-state index contributed by atoms with van der Waals surface area (Å²) in [4.78, 5) is 17.0. The molecule has 2 heterocycles. The molecule has 25 heavy (non-hydrogen) atoms. The van der Waals surface area contributed by atoms with Gasteiger partial charge in [-0.1, -0.05) is 44.2 Å². The Morgan fingerprint density at radius 1 is 1.24 bits per heavy atom. The summed E-state index contributed by atoms with van der Waals surface area (Å²) < 4.78 is 1.43. The number of amides is 1. The van der Waals surface area contributed by atoms with E-state index in [-0.39, 0.29) is 11.9 Å². The molecule has 0 radical (unpaired) electrons. The largest absolute Gasteiger partial charge is 0.291 e. The smallest absolute Gasteiger partial charge is 0.252 e. The van der Waals surface area contributed by atoms with Gasteiger partial charge in [-0.25, -0.2) is 4.68 Å². The SMILES string of the molecule is CC(C)Cc1nc(NC(=O)[C@@H](Cc2ccccc2)n2cnnn2)n[nH]1. The molecule has 0 unspecified atom stereocenters. The molecule has 3 rings (SSSR count). The van der Waals surface area contributed by atoms with Crippen molar-refractivity contribution >= 4 is 11.9 Å². The van der Waals surface area contributed by atoms with Crippen LogP contribution in [0.4, 0.5) is 5.95 Å². The number of benzene rings is 1. The molecule has 0 saturated heterocycles. The first-order chi connectivity index (χ1) is 12.1. The number of tetrazole rings is 1. The molecule has 1 amide bonds. The van der Waals surface area contributed by atoms with Crippen LogP contribution in [0, 0.1) is 5.92 Å². The maximum Gasteiger partial charge on any atom is 0.252 e. The van der Waals surface area contributed by atoms with Crippen molar-refractivity contribution in [2.75, 3.05) is 5.32 Å². The van der Waals surface area contributed by atoms with Crippen LogP contribution in [0.15, 0.2) is 36.7 Å². The third-order valence-corrected chi connectivity index (χ3v) is 3.63. The first kappa shape index (κ1) is 16.7. The lowest BCUT2D eigenvalue weighted by atomic mass is 10.1. The monoisotopic (exact) mass is 340 g/mol. The van der Waals surface area contributed by atoms with Gasteiger partial charge in [0.25, 0.3) is 5.91 Å². The standard InChI is InChI=1S/C16H20N8O/c1-11(2)8-14-18-16(21-20-14)19-15(25)13(24-10-17-22-23-24)9-12-6-4-3-5-7-12/h3-7,10-11,13H,8-9H2,1-2H3,(H2,18,19,20,21,25)/t13-/m1/s1. The molecule has 0 fully saturated rings. The summed E-state index contributed by atoms with van der Waals surface area (Å²) in [6.45, 7) is 4.18. The second kappa shape index (κ2) is 7.65. The lowest BCUT2D eigenvalue weighted by molar-refractivity contribution is -0.119. The van der Waals surface area contributed by atoms with Crippen molar-refractivity contribution in [2.24, 2.45) is 5.92 Å². The average Bonchev–Trinajstić information content (AvgIpc) is 3.25. The van der Waals surface area contributed by atoms with E-state index in [1.54, 1.807) is 0 Å². The van der Waals surface area contributed by atoms with E-state index in [1.807, 2.05) is 30.3 Å². The van der Waals surface area contributed by atoms with Gasteiger partial charge in [0.2, 0.25) is 5.95 Å². The van der Waals surface area contributed by atoms with E-state index >= 15 is 0 Å². The highest BCUT2D eigenvalue weighted by molar-refractivity contribution is 5.92. The maximum absolute atomic E-state index is 12.7. The number of H-pyrrole nitrogens is 1. The minimum atomic E-state index is -0.593. The number of nitrogens with zero attached hydrogens (tertiary/aromatic N) is 6. The Balaban J connectivity index is 1.74. The van der Waals surface area contributed by atoms with E-state index < -0.39 is 6.04 Å². The van der Waals surface area contributed by atoms with Gasteiger partial charge < -0.3 is 0 Å². The van der Waals surface area contributed by atoms with Gasteiger partial charge in [-0.2, -0.15) is 4.98 Å². The Morgan fingerprint density at radius 3 is 2.72 bits per heavy atom. The number of aromatic nitrogens is 7. The predicted molar refractivity (Wildman–Crippen MR) is 90.6 cm³/mol. The van der Waals surface area contributed by atoms with Gasteiger partial charge in [0, 0.05) is 12.8 Å². The first-order valence-electron chi connectivity index (χ1n) is 8.10. The van der Waals surface area contributed by atoms with E-state index in [1.165, 1.54) is 11.0 Å². The third kappa shape index (κ3) is 4.46. The first-order valence-corrected chi connectivity index (χ1v) is 8.10. The highest BCUT2D eigenvalue weighted by atomic mass is 16.2. The lowest BCUT2D eigenvalue weighted by Crippen LogP contribution is -2.28. The number of aromatic amines is 1. The summed E-state index contributed by atoms with van der Waals surface area (Å²) in [7, 11) is 0. The number of anilines is 1. The number of rotatable bonds is 7. The minimum absolute atomic E-state index is 0.256. The van der Waals surface area contributed by atoms with Crippen LogP contribution in [-0.2, 0) is 17.6 Å². The fraction of sp³-hybridized carbons (Fsp3) is 0.375. The van der Waals surface area contributed by atoms with Crippen LogP contribution in [0.5, 0.6) is 0 Å². The van der Waals surface area contributed by atoms with Crippen molar-refractivity contribution in [3.8, 4) is 0 Å². The fourth-order valence-corrected chi connectivity index (χ4v) is 2.48. The second-order valence-electron chi connectivity index (χ2n) is 6.19. The van der Waals surface area contributed by atoms with Gasteiger partial charge >= 0.3 is 0 Å². The van der Waals surface area contributed by atoms with Crippen LogP contribution in [0.25, 0.3) is 0 Å². The summed E-state index contributed by atoms with van der Waals surface area (Å²) in [6.07, 6.45) is 2.65. The number of nitrogens with one attached hydrogen (secondary N) is 2. The zero-order valence-corrected chi connectivity index (χ0v) is 14.1. The molecule has 0 aliphatic carbocycles. The van der Waals surface area contributed by atoms with Gasteiger partial charge in [-0.3, -0.25) is 15.2 Å². The highest BCUT2D eigenvalue weighted by Crippen LogP contribution is 2.15. The van der Waals surface area contributed by atoms with Crippen molar-refractivity contribution in [3.05, 3.63) is 48.0 Å². The molecule has 1 atom stereocenters. The van der Waals surface area contributed by atoms with E-state index in [0.29, 0.717) is 12.3 Å². The number of carbonyl (C=O) groups is 1. The number of hydrogen-bond acceptors (Lipinski definition) is 6. The molecule has 0 aliphatic rings. The highest BCUT2D eigenvalue weighted by Gasteiger charge is 2.23. The molecule has 0 saturated carbocycles. The van der Waals surface area contributed by atoms with Crippen molar-refractivity contribution in [1.29, 1.82) is 0 Å². The van der Waals surface area contributed by atoms with Crippen LogP contribution in [0.1, 0.15) is 31.3 Å². The molecule has 130 valence electrons. The van der Waals surface area contributed by atoms with Gasteiger partial charge in [0.15, 0.2) is 0 Å². The molecule has 2 N–H and O–H groups in total. The molecule has 0 spiro atoms. The lowest BCUT2D eigenvalue weighted by Gasteiger charge is -2.15. The summed E-state index contributed by atoms with van der Waals surface area (Å²) in [6, 6.07) is 9.11. The quantitative estimate of drug-likeness (QED) is 0.672. The van der Waals surface area contributed by atoms with Crippen LogP contribution < -0.4 is 5.32 Å². The summed E-state index contributed by atoms with van der Waals surface area (Å²) in [5.41, 5.74) is 1.01. The van der Waals surface area contributed by atoms with E-state index in [2.05, 4.69) is 49.9 Å².